The average molecular weight is 433 g/mol. The number of nitrogens with zero attached hydrogens (tertiary/aromatic N) is 3. The molecule has 1 N–H and O–H groups in total. The Kier molecular flexibility index (Phi) is 8.01. The lowest BCUT2D eigenvalue weighted by molar-refractivity contribution is -0.119. The molecule has 1 aliphatic carbocycles. The molecule has 7 nitrogen and oxygen atoms in total. The van der Waals surface area contributed by atoms with Gasteiger partial charge in [-0.25, -0.2) is 0 Å². The van der Waals surface area contributed by atoms with Gasteiger partial charge in [0.05, 0.1) is 12.9 Å². The number of nitrogens with one attached hydrogen (secondary N) is 1. The molecule has 2 aromatic rings. The second kappa shape index (κ2) is 10.7. The lowest BCUT2D eigenvalue weighted by atomic mass is 10.2. The molecule has 0 spiro atoms. The van der Waals surface area contributed by atoms with E-state index in [2.05, 4.69) is 33.9 Å². The maximum atomic E-state index is 12.3. The largest absolute Gasteiger partial charge is 0.497 e. The molecule has 1 aromatic heterocycles. The third-order valence-corrected chi connectivity index (χ3v) is 6.05. The van der Waals surface area contributed by atoms with Crippen molar-refractivity contribution >= 4 is 17.7 Å². The van der Waals surface area contributed by atoms with Crippen LogP contribution in [0.15, 0.2) is 29.4 Å². The van der Waals surface area contributed by atoms with Crippen molar-refractivity contribution in [2.24, 2.45) is 5.92 Å². The molecule has 1 saturated carbocycles. The van der Waals surface area contributed by atoms with Crippen molar-refractivity contribution in [2.45, 2.75) is 70.3 Å². The van der Waals surface area contributed by atoms with Crippen LogP contribution in [-0.4, -0.2) is 39.6 Å². The number of methoxy groups -OCH3 is 1. The highest BCUT2D eigenvalue weighted by molar-refractivity contribution is 7.99. The van der Waals surface area contributed by atoms with E-state index in [9.17, 15) is 4.79 Å². The van der Waals surface area contributed by atoms with Gasteiger partial charge in [-0.2, -0.15) is 0 Å². The number of amides is 1. The second-order valence-corrected chi connectivity index (χ2v) is 9.06. The van der Waals surface area contributed by atoms with Crippen molar-refractivity contribution in [1.82, 2.24) is 20.1 Å². The first-order valence-electron chi connectivity index (χ1n) is 10.6. The van der Waals surface area contributed by atoms with E-state index in [-0.39, 0.29) is 12.0 Å². The Balaban J connectivity index is 1.66. The fourth-order valence-corrected chi connectivity index (χ4v) is 4.39. The highest BCUT2D eigenvalue weighted by Gasteiger charge is 2.22. The van der Waals surface area contributed by atoms with Gasteiger partial charge >= 0.3 is 0 Å². The van der Waals surface area contributed by atoms with E-state index < -0.39 is 0 Å². The zero-order valence-corrected chi connectivity index (χ0v) is 19.1. The summed E-state index contributed by atoms with van der Waals surface area (Å²) >= 11 is 1.44. The van der Waals surface area contributed by atoms with E-state index in [0.29, 0.717) is 17.7 Å². The molecule has 3 rings (SSSR count). The van der Waals surface area contributed by atoms with Crippen LogP contribution in [0.1, 0.15) is 58.4 Å². The molecule has 1 atom stereocenters. The third kappa shape index (κ3) is 6.14. The molecule has 1 heterocycles. The minimum absolute atomic E-state index is 0.0649. The smallest absolute Gasteiger partial charge is 0.230 e. The van der Waals surface area contributed by atoms with E-state index in [1.165, 1.54) is 24.6 Å². The summed E-state index contributed by atoms with van der Waals surface area (Å²) in [6.07, 6.45) is 4.31. The average Bonchev–Trinajstić information content (AvgIpc) is 3.36. The Hall–Kier alpha value is -2.22. The summed E-state index contributed by atoms with van der Waals surface area (Å²) in [4.78, 5) is 12.3. The van der Waals surface area contributed by atoms with Gasteiger partial charge in [0.2, 0.25) is 5.91 Å². The lowest BCUT2D eigenvalue weighted by Gasteiger charge is -2.18. The Morgan fingerprint density at radius 1 is 1.17 bits per heavy atom. The Labute approximate surface area is 182 Å². The van der Waals surface area contributed by atoms with Gasteiger partial charge in [0.1, 0.15) is 11.5 Å². The fraction of sp³-hybridized carbons (Fsp3) is 0.591. The molecule has 30 heavy (non-hydrogen) atoms. The van der Waals surface area contributed by atoms with Crippen LogP contribution >= 0.6 is 11.8 Å². The first kappa shape index (κ1) is 22.5. The van der Waals surface area contributed by atoms with Crippen molar-refractivity contribution in [2.75, 3.05) is 12.9 Å². The summed E-state index contributed by atoms with van der Waals surface area (Å²) in [5.74, 6) is 3.12. The van der Waals surface area contributed by atoms with E-state index in [0.717, 1.165) is 41.9 Å². The van der Waals surface area contributed by atoms with Crippen molar-refractivity contribution in [3.05, 3.63) is 30.1 Å². The summed E-state index contributed by atoms with van der Waals surface area (Å²) in [7, 11) is 1.64. The van der Waals surface area contributed by atoms with Crippen LogP contribution in [0.5, 0.6) is 11.5 Å². The maximum absolute atomic E-state index is 12.3. The van der Waals surface area contributed by atoms with Crippen LogP contribution in [-0.2, 0) is 11.3 Å². The third-order valence-electron chi connectivity index (χ3n) is 5.08. The van der Waals surface area contributed by atoms with Gasteiger partial charge in [0.15, 0.2) is 17.1 Å². The topological polar surface area (TPSA) is 78.3 Å². The number of rotatable bonds is 10. The van der Waals surface area contributed by atoms with E-state index in [4.69, 9.17) is 9.47 Å². The van der Waals surface area contributed by atoms with Crippen molar-refractivity contribution in [1.29, 1.82) is 0 Å². The maximum Gasteiger partial charge on any atom is 0.230 e. The normalized spacial score (nSPS) is 15.4. The summed E-state index contributed by atoms with van der Waals surface area (Å²) in [5, 5.41) is 12.6. The van der Waals surface area contributed by atoms with Crippen LogP contribution in [0, 0.1) is 5.92 Å². The number of aromatic nitrogens is 3. The fourth-order valence-electron chi connectivity index (χ4n) is 3.62. The molecule has 1 amide bonds. The molecule has 164 valence electrons. The highest BCUT2D eigenvalue weighted by atomic mass is 32.2. The number of thioether (sulfide) groups is 1. The van der Waals surface area contributed by atoms with Gasteiger partial charge in [-0.3, -0.25) is 4.79 Å². The van der Waals surface area contributed by atoms with E-state index >= 15 is 0 Å². The van der Waals surface area contributed by atoms with Crippen LogP contribution in [0.3, 0.4) is 0 Å². The Morgan fingerprint density at radius 2 is 1.83 bits per heavy atom. The number of benzene rings is 1. The molecule has 1 aromatic carbocycles. The Bertz CT molecular complexity index is 816. The zero-order chi connectivity index (χ0) is 21.5. The van der Waals surface area contributed by atoms with Crippen LogP contribution in [0.2, 0.25) is 0 Å². The molecule has 1 unspecified atom stereocenters. The van der Waals surface area contributed by atoms with E-state index in [1.54, 1.807) is 7.11 Å². The first-order valence-corrected chi connectivity index (χ1v) is 11.6. The van der Waals surface area contributed by atoms with Crippen LogP contribution in [0.25, 0.3) is 0 Å². The molecule has 0 radical (unpaired) electrons. The predicted molar refractivity (Wildman–Crippen MR) is 118 cm³/mol. The molecule has 1 fully saturated rings. The van der Waals surface area contributed by atoms with Crippen LogP contribution < -0.4 is 14.8 Å². The van der Waals surface area contributed by atoms with Gasteiger partial charge in [-0.05, 0) is 49.9 Å². The summed E-state index contributed by atoms with van der Waals surface area (Å²) in [6, 6.07) is 7.82. The first-order chi connectivity index (χ1) is 14.5. The number of hydrogen-bond acceptors (Lipinski definition) is 6. The Morgan fingerprint density at radius 3 is 2.47 bits per heavy atom. The van der Waals surface area contributed by atoms with Crippen LogP contribution in [0.4, 0.5) is 0 Å². The predicted octanol–water partition coefficient (Wildman–Crippen LogP) is 4.23. The lowest BCUT2D eigenvalue weighted by Crippen LogP contribution is -2.33. The van der Waals surface area contributed by atoms with E-state index in [1.807, 2.05) is 31.2 Å². The quantitative estimate of drug-likeness (QED) is 0.566. The minimum atomic E-state index is -0.272. The number of carbonyl (C=O) groups excluding carboxylic acids is 1. The summed E-state index contributed by atoms with van der Waals surface area (Å²) in [6.45, 7) is 7.04. The number of ether oxygens (including phenoxy) is 2. The number of hydrogen-bond donors (Lipinski definition) is 1. The van der Waals surface area contributed by atoms with Crippen molar-refractivity contribution in [3.8, 4) is 11.5 Å². The van der Waals surface area contributed by atoms with Gasteiger partial charge < -0.3 is 19.4 Å². The molecule has 0 aliphatic heterocycles. The zero-order valence-electron chi connectivity index (χ0n) is 18.3. The minimum Gasteiger partial charge on any atom is -0.497 e. The molecule has 8 heteroatoms. The molecular formula is C22H32N4O3S. The standard InChI is InChI=1S/C22H32N4O3S/c1-15(2)13-26-21(16(3)29-19-11-9-18(28-4)10-12-19)24-25-22(26)30-14-20(27)23-17-7-5-6-8-17/h9-12,15-17H,5-8,13-14H2,1-4H3,(H,23,27). The highest BCUT2D eigenvalue weighted by Crippen LogP contribution is 2.27. The van der Waals surface area contributed by atoms with Gasteiger partial charge in [0.25, 0.3) is 0 Å². The SMILES string of the molecule is COc1ccc(OC(C)c2nnc(SCC(=O)NC3CCCC3)n2CC(C)C)cc1. The molecular weight excluding hydrogens is 400 g/mol. The molecule has 0 bridgehead atoms. The van der Waals surface area contributed by atoms with Crippen molar-refractivity contribution < 1.29 is 14.3 Å². The van der Waals surface area contributed by atoms with Gasteiger partial charge in [-0.1, -0.05) is 38.5 Å². The number of carbonyl (C=O) groups is 1. The second-order valence-electron chi connectivity index (χ2n) is 8.12. The molecule has 0 saturated heterocycles. The summed E-state index contributed by atoms with van der Waals surface area (Å²) < 4.78 is 13.4. The monoisotopic (exact) mass is 432 g/mol. The molecule has 1 aliphatic rings. The van der Waals surface area contributed by atoms with Gasteiger partial charge in [-0.15, -0.1) is 10.2 Å². The van der Waals surface area contributed by atoms with Crippen molar-refractivity contribution in [3.63, 3.8) is 0 Å². The summed E-state index contributed by atoms with van der Waals surface area (Å²) in [5.41, 5.74) is 0. The van der Waals surface area contributed by atoms with Gasteiger partial charge in [0, 0.05) is 12.6 Å².